The lowest BCUT2D eigenvalue weighted by Crippen LogP contribution is -2.00. The molecule has 5 heteroatoms. The standard InChI is InChI=1S/C22H23FN2OS/c1-14(2)19-12-21(26-20-10-5-15(3)11-16(20)4)25-22(24-19)27-13-17-6-8-18(23)9-7-17/h5-12,14H,13H2,1-4H3. The minimum Gasteiger partial charge on any atom is -0.439 e. The Hall–Kier alpha value is -2.40. The number of benzene rings is 2. The van der Waals surface area contributed by atoms with Crippen molar-refractivity contribution in [3.63, 3.8) is 0 Å². The summed E-state index contributed by atoms with van der Waals surface area (Å²) in [6.45, 7) is 8.27. The highest BCUT2D eigenvalue weighted by molar-refractivity contribution is 7.98. The van der Waals surface area contributed by atoms with Gasteiger partial charge in [-0.3, -0.25) is 0 Å². The van der Waals surface area contributed by atoms with Gasteiger partial charge in [0.15, 0.2) is 5.16 Å². The van der Waals surface area contributed by atoms with Crippen LogP contribution >= 0.6 is 11.8 Å². The summed E-state index contributed by atoms with van der Waals surface area (Å²) in [7, 11) is 0. The Labute approximate surface area is 164 Å². The fourth-order valence-corrected chi connectivity index (χ4v) is 3.40. The number of hydrogen-bond donors (Lipinski definition) is 0. The molecule has 0 aliphatic heterocycles. The van der Waals surface area contributed by atoms with E-state index >= 15 is 0 Å². The predicted molar refractivity (Wildman–Crippen MR) is 108 cm³/mol. The molecule has 1 heterocycles. The lowest BCUT2D eigenvalue weighted by molar-refractivity contribution is 0.449. The molecule has 3 nitrogen and oxygen atoms in total. The number of thioether (sulfide) groups is 1. The Morgan fingerprint density at radius 2 is 1.74 bits per heavy atom. The number of ether oxygens (including phenoxy) is 1. The molecule has 0 N–H and O–H groups in total. The summed E-state index contributed by atoms with van der Waals surface area (Å²) in [6, 6.07) is 14.5. The van der Waals surface area contributed by atoms with Gasteiger partial charge in [-0.1, -0.05) is 55.4 Å². The van der Waals surface area contributed by atoms with Crippen molar-refractivity contribution in [2.24, 2.45) is 0 Å². The van der Waals surface area contributed by atoms with Crippen LogP contribution in [0.2, 0.25) is 0 Å². The van der Waals surface area contributed by atoms with Crippen molar-refractivity contribution in [1.82, 2.24) is 9.97 Å². The molecule has 2 aromatic carbocycles. The average Bonchev–Trinajstić information content (AvgIpc) is 2.63. The van der Waals surface area contributed by atoms with Crippen molar-refractivity contribution in [2.45, 2.75) is 44.5 Å². The summed E-state index contributed by atoms with van der Waals surface area (Å²) in [5.74, 6) is 2.04. The molecule has 3 aromatic rings. The lowest BCUT2D eigenvalue weighted by atomic mass is 10.1. The topological polar surface area (TPSA) is 35.0 Å². The van der Waals surface area contributed by atoms with Gasteiger partial charge in [0.1, 0.15) is 11.6 Å². The van der Waals surface area contributed by atoms with Crippen molar-refractivity contribution in [3.05, 3.63) is 76.7 Å². The molecule has 140 valence electrons. The minimum atomic E-state index is -0.231. The van der Waals surface area contributed by atoms with Gasteiger partial charge in [-0.2, -0.15) is 4.98 Å². The number of aromatic nitrogens is 2. The Morgan fingerprint density at radius 1 is 1.00 bits per heavy atom. The third kappa shape index (κ3) is 5.30. The first-order valence-electron chi connectivity index (χ1n) is 8.92. The summed E-state index contributed by atoms with van der Waals surface area (Å²) in [6.07, 6.45) is 0. The number of aryl methyl sites for hydroxylation is 2. The van der Waals surface area contributed by atoms with Crippen molar-refractivity contribution in [2.75, 3.05) is 0 Å². The highest BCUT2D eigenvalue weighted by Crippen LogP contribution is 2.29. The van der Waals surface area contributed by atoms with Gasteiger partial charge in [0.2, 0.25) is 5.88 Å². The smallest absolute Gasteiger partial charge is 0.223 e. The molecule has 0 spiro atoms. The molecule has 0 aliphatic carbocycles. The Balaban J connectivity index is 1.82. The molecule has 3 rings (SSSR count). The summed E-state index contributed by atoms with van der Waals surface area (Å²) in [5, 5.41) is 0.658. The zero-order chi connectivity index (χ0) is 19.4. The van der Waals surface area contributed by atoms with E-state index in [9.17, 15) is 4.39 Å². The van der Waals surface area contributed by atoms with E-state index < -0.39 is 0 Å². The Bertz CT molecular complexity index is 926. The van der Waals surface area contributed by atoms with E-state index in [1.54, 1.807) is 12.1 Å². The van der Waals surface area contributed by atoms with Crippen LogP contribution in [0.1, 0.15) is 42.1 Å². The van der Waals surface area contributed by atoms with Crippen LogP contribution in [0.15, 0.2) is 53.7 Å². The van der Waals surface area contributed by atoms with E-state index in [1.165, 1.54) is 29.5 Å². The van der Waals surface area contributed by atoms with Gasteiger partial charge in [0.25, 0.3) is 0 Å². The third-order valence-corrected chi connectivity index (χ3v) is 5.04. The van der Waals surface area contributed by atoms with E-state index in [0.29, 0.717) is 16.8 Å². The fourth-order valence-electron chi connectivity index (χ4n) is 2.59. The molecule has 0 saturated carbocycles. The molecule has 0 radical (unpaired) electrons. The van der Waals surface area contributed by atoms with Gasteiger partial charge in [-0.05, 0) is 49.1 Å². The largest absolute Gasteiger partial charge is 0.439 e. The van der Waals surface area contributed by atoms with Gasteiger partial charge >= 0.3 is 0 Å². The molecule has 1 aromatic heterocycles. The van der Waals surface area contributed by atoms with E-state index in [2.05, 4.69) is 36.8 Å². The molecule has 0 amide bonds. The SMILES string of the molecule is Cc1ccc(Oc2cc(C(C)C)nc(SCc3ccc(F)cc3)n2)c(C)c1. The first kappa shape index (κ1) is 19.4. The van der Waals surface area contributed by atoms with Crippen LogP contribution < -0.4 is 4.74 Å². The maximum absolute atomic E-state index is 13.1. The highest BCUT2D eigenvalue weighted by atomic mass is 32.2. The van der Waals surface area contributed by atoms with Crippen LogP contribution in [-0.4, -0.2) is 9.97 Å². The molecular formula is C22H23FN2OS. The molecule has 0 atom stereocenters. The quantitative estimate of drug-likeness (QED) is 0.363. The summed E-state index contributed by atoms with van der Waals surface area (Å²) in [5.41, 5.74) is 4.23. The van der Waals surface area contributed by atoms with Crippen LogP contribution in [-0.2, 0) is 5.75 Å². The summed E-state index contributed by atoms with van der Waals surface area (Å²) >= 11 is 1.52. The normalized spacial score (nSPS) is 11.0. The molecule has 0 fully saturated rings. The van der Waals surface area contributed by atoms with Crippen molar-refractivity contribution in [3.8, 4) is 11.6 Å². The van der Waals surface area contributed by atoms with E-state index in [4.69, 9.17) is 4.74 Å². The van der Waals surface area contributed by atoms with Gasteiger partial charge < -0.3 is 4.74 Å². The maximum Gasteiger partial charge on any atom is 0.223 e. The third-order valence-electron chi connectivity index (χ3n) is 4.12. The summed E-state index contributed by atoms with van der Waals surface area (Å²) in [4.78, 5) is 9.20. The lowest BCUT2D eigenvalue weighted by Gasteiger charge is -2.12. The van der Waals surface area contributed by atoms with Gasteiger partial charge in [0.05, 0.1) is 5.69 Å². The second kappa shape index (κ2) is 8.53. The molecular weight excluding hydrogens is 359 g/mol. The zero-order valence-electron chi connectivity index (χ0n) is 16.0. The maximum atomic E-state index is 13.1. The average molecular weight is 383 g/mol. The van der Waals surface area contributed by atoms with Crippen molar-refractivity contribution in [1.29, 1.82) is 0 Å². The second-order valence-corrected chi connectivity index (χ2v) is 7.80. The highest BCUT2D eigenvalue weighted by Gasteiger charge is 2.11. The van der Waals surface area contributed by atoms with Crippen LogP contribution in [0.25, 0.3) is 0 Å². The van der Waals surface area contributed by atoms with Crippen LogP contribution in [0, 0.1) is 19.7 Å². The monoisotopic (exact) mass is 382 g/mol. The number of hydrogen-bond acceptors (Lipinski definition) is 4. The first-order valence-corrected chi connectivity index (χ1v) is 9.90. The van der Waals surface area contributed by atoms with E-state index in [0.717, 1.165) is 22.6 Å². The fraction of sp³-hybridized carbons (Fsp3) is 0.273. The predicted octanol–water partition coefficient (Wildman–Crippen LogP) is 6.44. The van der Waals surface area contributed by atoms with Gasteiger partial charge in [0, 0.05) is 11.8 Å². The molecule has 0 bridgehead atoms. The molecule has 27 heavy (non-hydrogen) atoms. The number of nitrogens with zero attached hydrogens (tertiary/aromatic N) is 2. The van der Waals surface area contributed by atoms with Gasteiger partial charge in [-0.15, -0.1) is 0 Å². The molecule has 0 aliphatic rings. The Kier molecular flexibility index (Phi) is 6.11. The van der Waals surface area contributed by atoms with Crippen LogP contribution in [0.4, 0.5) is 4.39 Å². The Morgan fingerprint density at radius 3 is 2.41 bits per heavy atom. The second-order valence-electron chi connectivity index (χ2n) is 6.85. The van der Waals surface area contributed by atoms with Crippen LogP contribution in [0.3, 0.4) is 0 Å². The van der Waals surface area contributed by atoms with Gasteiger partial charge in [-0.25, -0.2) is 9.37 Å². The van der Waals surface area contributed by atoms with Crippen LogP contribution in [0.5, 0.6) is 11.6 Å². The molecule has 0 saturated heterocycles. The van der Waals surface area contributed by atoms with Crippen molar-refractivity contribution < 1.29 is 9.13 Å². The number of halogens is 1. The van der Waals surface area contributed by atoms with E-state index in [-0.39, 0.29) is 11.7 Å². The van der Waals surface area contributed by atoms with E-state index in [1.807, 2.05) is 25.1 Å². The summed E-state index contributed by atoms with van der Waals surface area (Å²) < 4.78 is 19.1. The van der Waals surface area contributed by atoms with Crippen molar-refractivity contribution >= 4 is 11.8 Å². The molecule has 0 unspecified atom stereocenters. The first-order chi connectivity index (χ1) is 12.9. The zero-order valence-corrected chi connectivity index (χ0v) is 16.8. The minimum absolute atomic E-state index is 0.231. The number of rotatable bonds is 6.